The minimum absolute atomic E-state index is 0.272. The third-order valence-corrected chi connectivity index (χ3v) is 2.48. The molecule has 1 aliphatic rings. The molecule has 8 nitrogen and oxygen atoms in total. The summed E-state index contributed by atoms with van der Waals surface area (Å²) in [6.07, 6.45) is 1.27. The van der Waals surface area contributed by atoms with Crippen LogP contribution >= 0.6 is 0 Å². The number of amides is 3. The van der Waals surface area contributed by atoms with Gasteiger partial charge in [-0.2, -0.15) is 0 Å². The summed E-state index contributed by atoms with van der Waals surface area (Å²) in [7, 11) is 0. The SMILES string of the molecule is O=C1CN(C(=O)c2ncccc2C(=O)O)CC(=O)N1. The number of piperazine rings is 1. The van der Waals surface area contributed by atoms with Crippen LogP contribution in [0.3, 0.4) is 0 Å². The molecule has 0 atom stereocenters. The zero-order valence-corrected chi connectivity index (χ0v) is 9.62. The van der Waals surface area contributed by atoms with Crippen LogP contribution in [0.4, 0.5) is 0 Å². The predicted octanol–water partition coefficient (Wildman–Crippen LogP) is -1.12. The van der Waals surface area contributed by atoms with Crippen molar-refractivity contribution < 1.29 is 24.3 Å². The topological polar surface area (TPSA) is 117 Å². The number of aromatic carboxylic acids is 1. The molecular formula is C11H9N3O5. The molecule has 1 aliphatic heterocycles. The van der Waals surface area contributed by atoms with Gasteiger partial charge in [0.05, 0.1) is 5.56 Å². The fraction of sp³-hybridized carbons (Fsp3) is 0.182. The molecule has 0 spiro atoms. The number of carboxylic acids is 1. The highest BCUT2D eigenvalue weighted by molar-refractivity contribution is 6.08. The lowest BCUT2D eigenvalue weighted by Crippen LogP contribution is -2.53. The van der Waals surface area contributed by atoms with Crippen LogP contribution in [-0.4, -0.2) is 51.8 Å². The molecule has 3 amide bonds. The van der Waals surface area contributed by atoms with Crippen molar-refractivity contribution in [2.75, 3.05) is 13.1 Å². The lowest BCUT2D eigenvalue weighted by molar-refractivity contribution is -0.135. The van der Waals surface area contributed by atoms with E-state index >= 15 is 0 Å². The minimum Gasteiger partial charge on any atom is -0.478 e. The summed E-state index contributed by atoms with van der Waals surface area (Å²) >= 11 is 0. The molecule has 1 aromatic heterocycles. The first-order valence-electron chi connectivity index (χ1n) is 5.29. The number of carbonyl (C=O) groups is 4. The van der Waals surface area contributed by atoms with Crippen molar-refractivity contribution in [1.29, 1.82) is 0 Å². The van der Waals surface area contributed by atoms with Crippen molar-refractivity contribution in [2.45, 2.75) is 0 Å². The molecular weight excluding hydrogens is 254 g/mol. The van der Waals surface area contributed by atoms with Crippen molar-refractivity contribution in [3.8, 4) is 0 Å². The fourth-order valence-electron chi connectivity index (χ4n) is 1.68. The molecule has 1 fully saturated rings. The number of imide groups is 1. The van der Waals surface area contributed by atoms with Crippen LogP contribution in [-0.2, 0) is 9.59 Å². The van der Waals surface area contributed by atoms with Crippen LogP contribution in [0.25, 0.3) is 0 Å². The smallest absolute Gasteiger partial charge is 0.338 e. The molecule has 0 saturated carbocycles. The van der Waals surface area contributed by atoms with E-state index < -0.39 is 23.7 Å². The van der Waals surface area contributed by atoms with E-state index in [4.69, 9.17) is 5.11 Å². The van der Waals surface area contributed by atoms with Crippen molar-refractivity contribution in [3.63, 3.8) is 0 Å². The zero-order chi connectivity index (χ0) is 14.0. The van der Waals surface area contributed by atoms with Crippen LogP contribution in [0.15, 0.2) is 18.3 Å². The molecule has 1 aromatic rings. The maximum absolute atomic E-state index is 12.1. The Bertz CT molecular complexity index is 567. The first-order chi connectivity index (χ1) is 8.99. The summed E-state index contributed by atoms with van der Waals surface area (Å²) in [4.78, 5) is 50.1. The number of nitrogens with zero attached hydrogens (tertiary/aromatic N) is 2. The maximum Gasteiger partial charge on any atom is 0.338 e. The number of carboxylic acid groups (broad SMARTS) is 1. The molecule has 0 aromatic carbocycles. The third-order valence-electron chi connectivity index (χ3n) is 2.48. The highest BCUT2D eigenvalue weighted by Gasteiger charge is 2.30. The second kappa shape index (κ2) is 4.84. The number of nitrogens with one attached hydrogen (secondary N) is 1. The molecule has 0 unspecified atom stereocenters. The van der Waals surface area contributed by atoms with Gasteiger partial charge in [0.25, 0.3) is 5.91 Å². The Balaban J connectivity index is 2.32. The van der Waals surface area contributed by atoms with Gasteiger partial charge in [-0.1, -0.05) is 0 Å². The second-order valence-corrected chi connectivity index (χ2v) is 3.84. The molecule has 0 radical (unpaired) electrons. The van der Waals surface area contributed by atoms with Crippen LogP contribution in [0.2, 0.25) is 0 Å². The summed E-state index contributed by atoms with van der Waals surface area (Å²) in [5, 5.41) is 11.0. The molecule has 8 heteroatoms. The predicted molar refractivity (Wildman–Crippen MR) is 60.2 cm³/mol. The molecule has 2 N–H and O–H groups in total. The van der Waals surface area contributed by atoms with Crippen molar-refractivity contribution in [2.24, 2.45) is 0 Å². The number of hydrogen-bond donors (Lipinski definition) is 2. The highest BCUT2D eigenvalue weighted by atomic mass is 16.4. The molecule has 2 rings (SSSR count). The maximum atomic E-state index is 12.1. The third kappa shape index (κ3) is 2.57. The van der Waals surface area contributed by atoms with E-state index in [0.29, 0.717) is 0 Å². The molecule has 0 bridgehead atoms. The van der Waals surface area contributed by atoms with Crippen molar-refractivity contribution in [3.05, 3.63) is 29.6 Å². The van der Waals surface area contributed by atoms with E-state index in [9.17, 15) is 19.2 Å². The summed E-state index contributed by atoms with van der Waals surface area (Å²) in [6, 6.07) is 2.61. The first kappa shape index (κ1) is 12.7. The zero-order valence-electron chi connectivity index (χ0n) is 9.62. The average molecular weight is 263 g/mol. The van der Waals surface area contributed by atoms with Gasteiger partial charge >= 0.3 is 5.97 Å². The first-order valence-corrected chi connectivity index (χ1v) is 5.29. The van der Waals surface area contributed by atoms with E-state index in [2.05, 4.69) is 4.98 Å². The summed E-state index contributed by atoms with van der Waals surface area (Å²) in [5.41, 5.74) is -0.566. The Morgan fingerprint density at radius 1 is 1.26 bits per heavy atom. The summed E-state index contributed by atoms with van der Waals surface area (Å²) < 4.78 is 0. The molecule has 98 valence electrons. The number of aromatic nitrogens is 1. The van der Waals surface area contributed by atoms with E-state index in [1.807, 2.05) is 5.32 Å². The van der Waals surface area contributed by atoms with Gasteiger partial charge in [0.15, 0.2) is 0 Å². The number of pyridine rings is 1. The molecule has 1 saturated heterocycles. The Hall–Kier alpha value is -2.77. The van der Waals surface area contributed by atoms with Gasteiger partial charge < -0.3 is 10.0 Å². The van der Waals surface area contributed by atoms with Crippen LogP contribution in [0.1, 0.15) is 20.8 Å². The largest absolute Gasteiger partial charge is 0.478 e. The van der Waals surface area contributed by atoms with Gasteiger partial charge in [0.1, 0.15) is 18.8 Å². The lowest BCUT2D eigenvalue weighted by atomic mass is 10.1. The quantitative estimate of drug-likeness (QED) is 0.653. The fourth-order valence-corrected chi connectivity index (χ4v) is 1.68. The molecule has 0 aliphatic carbocycles. The van der Waals surface area contributed by atoms with Gasteiger partial charge in [-0.05, 0) is 12.1 Å². The standard InChI is InChI=1S/C11H9N3O5/c15-7-4-14(5-8(16)13-7)10(17)9-6(11(18)19)2-1-3-12-9/h1-3H,4-5H2,(H,18,19)(H,13,15,16). The normalized spacial score (nSPS) is 15.1. The Morgan fingerprint density at radius 2 is 1.89 bits per heavy atom. The van der Waals surface area contributed by atoms with E-state index in [1.54, 1.807) is 0 Å². The Kier molecular flexibility index (Phi) is 3.23. The Labute approximate surface area is 107 Å². The van der Waals surface area contributed by atoms with Gasteiger partial charge in [0, 0.05) is 6.20 Å². The lowest BCUT2D eigenvalue weighted by Gasteiger charge is -2.25. The molecule has 19 heavy (non-hydrogen) atoms. The van der Waals surface area contributed by atoms with Crippen LogP contribution in [0, 0.1) is 0 Å². The van der Waals surface area contributed by atoms with Gasteiger partial charge in [0.2, 0.25) is 11.8 Å². The van der Waals surface area contributed by atoms with Gasteiger partial charge in [-0.15, -0.1) is 0 Å². The van der Waals surface area contributed by atoms with Gasteiger partial charge in [-0.25, -0.2) is 4.79 Å². The molecule has 2 heterocycles. The summed E-state index contributed by atoms with van der Waals surface area (Å²) in [6.45, 7) is -0.611. The van der Waals surface area contributed by atoms with Crippen molar-refractivity contribution in [1.82, 2.24) is 15.2 Å². The van der Waals surface area contributed by atoms with E-state index in [1.165, 1.54) is 18.3 Å². The highest BCUT2D eigenvalue weighted by Crippen LogP contribution is 2.10. The van der Waals surface area contributed by atoms with Crippen LogP contribution in [0.5, 0.6) is 0 Å². The van der Waals surface area contributed by atoms with E-state index in [-0.39, 0.29) is 24.3 Å². The Morgan fingerprint density at radius 3 is 2.47 bits per heavy atom. The number of carbonyl (C=O) groups excluding carboxylic acids is 3. The minimum atomic E-state index is -1.30. The average Bonchev–Trinajstić information content (AvgIpc) is 2.36. The van der Waals surface area contributed by atoms with Crippen LogP contribution < -0.4 is 5.32 Å². The second-order valence-electron chi connectivity index (χ2n) is 3.84. The summed E-state index contributed by atoms with van der Waals surface area (Å²) in [5.74, 6) is -3.29. The monoisotopic (exact) mass is 263 g/mol. The van der Waals surface area contributed by atoms with Gasteiger partial charge in [-0.3, -0.25) is 24.7 Å². The van der Waals surface area contributed by atoms with Crippen molar-refractivity contribution >= 4 is 23.7 Å². The number of hydrogen-bond acceptors (Lipinski definition) is 5. The van der Waals surface area contributed by atoms with E-state index in [0.717, 1.165) is 4.90 Å². The number of rotatable bonds is 2.